The van der Waals surface area contributed by atoms with Crippen LogP contribution in [0.15, 0.2) is 54.1 Å². The van der Waals surface area contributed by atoms with Gasteiger partial charge in [-0.1, -0.05) is 24.3 Å². The van der Waals surface area contributed by atoms with Crippen LogP contribution in [0.1, 0.15) is 18.1 Å². The van der Waals surface area contributed by atoms with Gasteiger partial charge in [0.25, 0.3) is 5.91 Å². The van der Waals surface area contributed by atoms with E-state index in [4.69, 9.17) is 14.7 Å². The van der Waals surface area contributed by atoms with E-state index in [2.05, 4.69) is 5.32 Å². The van der Waals surface area contributed by atoms with Gasteiger partial charge in [0.05, 0.1) is 17.2 Å². The van der Waals surface area contributed by atoms with E-state index in [0.29, 0.717) is 22.6 Å². The van der Waals surface area contributed by atoms with Crippen molar-refractivity contribution in [2.75, 3.05) is 11.9 Å². The van der Waals surface area contributed by atoms with Crippen molar-refractivity contribution < 1.29 is 19.1 Å². The first kappa shape index (κ1) is 17.2. The number of ether oxygens (including phenoxy) is 2. The van der Waals surface area contributed by atoms with Crippen molar-refractivity contribution in [3.63, 3.8) is 0 Å². The number of benzene rings is 2. The lowest BCUT2D eigenvalue weighted by Crippen LogP contribution is -2.31. The maximum atomic E-state index is 12.3. The number of carbonyl (C=O) groups is 2. The number of carbonyl (C=O) groups excluding carboxylic acids is 2. The predicted octanol–water partition coefficient (Wildman–Crippen LogP) is 2.90. The van der Waals surface area contributed by atoms with Crippen molar-refractivity contribution in [1.29, 1.82) is 5.26 Å². The third-order valence-corrected chi connectivity index (χ3v) is 3.81. The summed E-state index contributed by atoms with van der Waals surface area (Å²) in [4.78, 5) is 24.5. The number of para-hydroxylation sites is 1. The second kappa shape index (κ2) is 7.53. The Balaban J connectivity index is 1.63. The SMILES string of the molecule is C[C@H](OC(=O)C1=Cc2ccccc2OC1)C(=O)Nc1cccc(C#N)c1. The lowest BCUT2D eigenvalue weighted by molar-refractivity contribution is -0.149. The molecule has 6 heteroatoms. The number of hydrogen-bond acceptors (Lipinski definition) is 5. The van der Waals surface area contributed by atoms with E-state index in [9.17, 15) is 9.59 Å². The summed E-state index contributed by atoms with van der Waals surface area (Å²) in [5, 5.41) is 11.5. The zero-order chi connectivity index (χ0) is 18.5. The van der Waals surface area contributed by atoms with E-state index < -0.39 is 18.0 Å². The highest BCUT2D eigenvalue weighted by Gasteiger charge is 2.23. The molecule has 130 valence electrons. The Labute approximate surface area is 150 Å². The van der Waals surface area contributed by atoms with Crippen LogP contribution in [0.25, 0.3) is 6.08 Å². The first-order chi connectivity index (χ1) is 12.6. The molecule has 6 nitrogen and oxygen atoms in total. The molecule has 1 N–H and O–H groups in total. The summed E-state index contributed by atoms with van der Waals surface area (Å²) in [5.74, 6) is -0.383. The molecule has 0 bridgehead atoms. The molecule has 2 aromatic rings. The molecule has 0 unspecified atom stereocenters. The minimum atomic E-state index is -0.994. The highest BCUT2D eigenvalue weighted by atomic mass is 16.6. The largest absolute Gasteiger partial charge is 0.488 e. The minimum Gasteiger partial charge on any atom is -0.488 e. The Morgan fingerprint density at radius 2 is 2.04 bits per heavy atom. The van der Waals surface area contributed by atoms with Crippen molar-refractivity contribution >= 4 is 23.6 Å². The molecule has 1 atom stereocenters. The molecule has 2 aromatic carbocycles. The summed E-state index contributed by atoms with van der Waals surface area (Å²) < 4.78 is 10.8. The van der Waals surface area contributed by atoms with Crippen molar-refractivity contribution in [2.45, 2.75) is 13.0 Å². The maximum absolute atomic E-state index is 12.3. The Morgan fingerprint density at radius 3 is 2.85 bits per heavy atom. The average molecular weight is 348 g/mol. The number of amides is 1. The van der Waals surface area contributed by atoms with E-state index in [1.165, 1.54) is 6.92 Å². The van der Waals surface area contributed by atoms with Gasteiger partial charge in [0.1, 0.15) is 12.4 Å². The molecule has 0 fully saturated rings. The Hall–Kier alpha value is -3.59. The topological polar surface area (TPSA) is 88.4 Å². The Morgan fingerprint density at radius 1 is 1.23 bits per heavy atom. The Kier molecular flexibility index (Phi) is 4.99. The zero-order valence-corrected chi connectivity index (χ0v) is 14.1. The first-order valence-electron chi connectivity index (χ1n) is 8.01. The lowest BCUT2D eigenvalue weighted by atomic mass is 10.1. The fraction of sp³-hybridized carbons (Fsp3) is 0.150. The summed E-state index contributed by atoms with van der Waals surface area (Å²) in [6.45, 7) is 1.58. The van der Waals surface area contributed by atoms with Gasteiger partial charge in [-0.05, 0) is 37.3 Å². The van der Waals surface area contributed by atoms with Gasteiger partial charge < -0.3 is 14.8 Å². The number of nitriles is 1. The number of anilines is 1. The predicted molar refractivity (Wildman–Crippen MR) is 95.3 cm³/mol. The van der Waals surface area contributed by atoms with Crippen LogP contribution in [0.3, 0.4) is 0 Å². The highest BCUT2D eigenvalue weighted by molar-refractivity contribution is 5.99. The Bertz CT molecular complexity index is 927. The number of esters is 1. The molecule has 0 saturated heterocycles. The van der Waals surface area contributed by atoms with Crippen LogP contribution >= 0.6 is 0 Å². The van der Waals surface area contributed by atoms with Gasteiger partial charge in [-0.3, -0.25) is 4.79 Å². The minimum absolute atomic E-state index is 0.0917. The summed E-state index contributed by atoms with van der Waals surface area (Å²) >= 11 is 0. The zero-order valence-electron chi connectivity index (χ0n) is 14.1. The third-order valence-electron chi connectivity index (χ3n) is 3.81. The fourth-order valence-corrected chi connectivity index (χ4v) is 2.43. The van der Waals surface area contributed by atoms with Crippen LogP contribution in [0, 0.1) is 11.3 Å². The molecule has 0 radical (unpaired) electrons. The average Bonchev–Trinajstić information content (AvgIpc) is 2.67. The molecule has 1 aliphatic rings. The van der Waals surface area contributed by atoms with Gasteiger partial charge in [0, 0.05) is 11.3 Å². The molecule has 0 aromatic heterocycles. The molecule has 0 spiro atoms. The van der Waals surface area contributed by atoms with Crippen LogP contribution in [-0.2, 0) is 14.3 Å². The molecule has 0 saturated carbocycles. The molecule has 1 aliphatic heterocycles. The molecule has 1 heterocycles. The van der Waals surface area contributed by atoms with Crippen molar-refractivity contribution in [3.05, 3.63) is 65.2 Å². The van der Waals surface area contributed by atoms with E-state index in [1.54, 1.807) is 30.3 Å². The van der Waals surface area contributed by atoms with Gasteiger partial charge in [-0.2, -0.15) is 5.26 Å². The van der Waals surface area contributed by atoms with E-state index in [1.807, 2.05) is 30.3 Å². The smallest absolute Gasteiger partial charge is 0.338 e. The molecule has 3 rings (SSSR count). The highest BCUT2D eigenvalue weighted by Crippen LogP contribution is 2.26. The molecule has 1 amide bonds. The van der Waals surface area contributed by atoms with Crippen LogP contribution in [0.5, 0.6) is 5.75 Å². The fourth-order valence-electron chi connectivity index (χ4n) is 2.43. The van der Waals surface area contributed by atoms with Gasteiger partial charge in [0.15, 0.2) is 6.10 Å². The number of nitrogens with zero attached hydrogens (tertiary/aromatic N) is 1. The van der Waals surface area contributed by atoms with Gasteiger partial charge in [-0.25, -0.2) is 4.79 Å². The van der Waals surface area contributed by atoms with Gasteiger partial charge in [0.2, 0.25) is 0 Å². The lowest BCUT2D eigenvalue weighted by Gasteiger charge is -2.19. The number of nitrogens with one attached hydrogen (secondary N) is 1. The van der Waals surface area contributed by atoms with Crippen molar-refractivity contribution in [3.8, 4) is 11.8 Å². The molecule has 26 heavy (non-hydrogen) atoms. The second-order valence-corrected chi connectivity index (χ2v) is 5.73. The molecular formula is C20H16N2O4. The maximum Gasteiger partial charge on any atom is 0.338 e. The van der Waals surface area contributed by atoms with E-state index in [-0.39, 0.29) is 6.61 Å². The van der Waals surface area contributed by atoms with E-state index >= 15 is 0 Å². The van der Waals surface area contributed by atoms with Crippen LogP contribution in [0.2, 0.25) is 0 Å². The van der Waals surface area contributed by atoms with Crippen molar-refractivity contribution in [1.82, 2.24) is 0 Å². The standard InChI is InChI=1S/C20H16N2O4/c1-13(19(23)22-17-7-4-5-14(9-17)11-21)26-20(24)16-10-15-6-2-3-8-18(15)25-12-16/h2-10,13H,12H2,1H3,(H,22,23)/t13-/m0/s1. The second-order valence-electron chi connectivity index (χ2n) is 5.73. The monoisotopic (exact) mass is 348 g/mol. The van der Waals surface area contributed by atoms with Crippen LogP contribution in [-0.4, -0.2) is 24.6 Å². The quantitative estimate of drug-likeness (QED) is 0.858. The summed E-state index contributed by atoms with van der Waals surface area (Å²) in [5.41, 5.74) is 2.02. The van der Waals surface area contributed by atoms with Gasteiger partial charge >= 0.3 is 5.97 Å². The summed E-state index contributed by atoms with van der Waals surface area (Å²) in [6, 6.07) is 15.8. The van der Waals surface area contributed by atoms with Gasteiger partial charge in [-0.15, -0.1) is 0 Å². The molecule has 0 aliphatic carbocycles. The van der Waals surface area contributed by atoms with Crippen LogP contribution < -0.4 is 10.1 Å². The van der Waals surface area contributed by atoms with Crippen molar-refractivity contribution in [2.24, 2.45) is 0 Å². The number of fused-ring (bicyclic) bond motifs is 1. The normalized spacial score (nSPS) is 13.3. The molecular weight excluding hydrogens is 332 g/mol. The number of hydrogen-bond donors (Lipinski definition) is 1. The first-order valence-corrected chi connectivity index (χ1v) is 8.01. The number of rotatable bonds is 4. The summed E-state index contributed by atoms with van der Waals surface area (Å²) in [7, 11) is 0. The summed E-state index contributed by atoms with van der Waals surface area (Å²) in [6.07, 6.45) is 0.702. The third kappa shape index (κ3) is 3.90. The van der Waals surface area contributed by atoms with Crippen LogP contribution in [0.4, 0.5) is 5.69 Å². The van der Waals surface area contributed by atoms with E-state index in [0.717, 1.165) is 5.56 Å².